The summed E-state index contributed by atoms with van der Waals surface area (Å²) in [4.78, 5) is 11.4. The van der Waals surface area contributed by atoms with Gasteiger partial charge in [-0.15, -0.1) is 0 Å². The van der Waals surface area contributed by atoms with Gasteiger partial charge in [-0.25, -0.2) is 0 Å². The van der Waals surface area contributed by atoms with E-state index in [9.17, 15) is 4.79 Å². The van der Waals surface area contributed by atoms with E-state index in [-0.39, 0.29) is 12.5 Å². The molecule has 1 unspecified atom stereocenters. The number of ketones is 1. The van der Waals surface area contributed by atoms with Gasteiger partial charge >= 0.3 is 0 Å². The fraction of sp³-hybridized carbons (Fsp3) is 0.909. The third kappa shape index (κ3) is 4.20. The highest BCUT2D eigenvalue weighted by Crippen LogP contribution is 2.17. The Balaban J connectivity index is 2.02. The maximum atomic E-state index is 11.4. The molecule has 1 atom stereocenters. The lowest BCUT2D eigenvalue weighted by atomic mass is 9.94. The largest absolute Gasteiger partial charge is 0.396 e. The standard InChI is InChI=1S/C11H20O3/c12-7-4-2-1-3-5-10-9-14-8-6-11(10)13/h10,12H,1-9H2. The van der Waals surface area contributed by atoms with Crippen LogP contribution in [-0.2, 0) is 9.53 Å². The van der Waals surface area contributed by atoms with Crippen LogP contribution in [0.25, 0.3) is 0 Å². The number of carbonyl (C=O) groups excluding carboxylic acids is 1. The average Bonchev–Trinajstić information content (AvgIpc) is 2.20. The summed E-state index contributed by atoms with van der Waals surface area (Å²) in [5.41, 5.74) is 0. The van der Waals surface area contributed by atoms with Gasteiger partial charge in [-0.2, -0.15) is 0 Å². The van der Waals surface area contributed by atoms with Crippen LogP contribution in [0.1, 0.15) is 38.5 Å². The average molecular weight is 200 g/mol. The lowest BCUT2D eigenvalue weighted by Crippen LogP contribution is -2.27. The van der Waals surface area contributed by atoms with Crippen LogP contribution < -0.4 is 0 Å². The number of carbonyl (C=O) groups is 1. The van der Waals surface area contributed by atoms with Crippen molar-refractivity contribution in [3.05, 3.63) is 0 Å². The third-order valence-corrected chi connectivity index (χ3v) is 2.73. The first kappa shape index (κ1) is 11.7. The van der Waals surface area contributed by atoms with E-state index in [2.05, 4.69) is 0 Å². The second kappa shape index (κ2) is 6.96. The zero-order chi connectivity index (χ0) is 10.2. The van der Waals surface area contributed by atoms with E-state index in [1.807, 2.05) is 0 Å². The minimum Gasteiger partial charge on any atom is -0.396 e. The fourth-order valence-electron chi connectivity index (χ4n) is 1.80. The molecule has 0 spiro atoms. The molecular weight excluding hydrogens is 180 g/mol. The highest BCUT2D eigenvalue weighted by molar-refractivity contribution is 5.81. The van der Waals surface area contributed by atoms with Crippen molar-refractivity contribution >= 4 is 5.78 Å². The number of hydrogen-bond donors (Lipinski definition) is 1. The lowest BCUT2D eigenvalue weighted by Gasteiger charge is -2.20. The van der Waals surface area contributed by atoms with Crippen LogP contribution in [0.5, 0.6) is 0 Å². The van der Waals surface area contributed by atoms with Crippen molar-refractivity contribution in [3.63, 3.8) is 0 Å². The number of rotatable bonds is 6. The summed E-state index contributed by atoms with van der Waals surface area (Å²) >= 11 is 0. The van der Waals surface area contributed by atoms with Crippen LogP contribution in [0.2, 0.25) is 0 Å². The number of hydrogen-bond acceptors (Lipinski definition) is 3. The van der Waals surface area contributed by atoms with E-state index in [1.165, 1.54) is 0 Å². The van der Waals surface area contributed by atoms with Crippen LogP contribution in [0.15, 0.2) is 0 Å². The quantitative estimate of drug-likeness (QED) is 0.661. The van der Waals surface area contributed by atoms with Crippen LogP contribution in [0.3, 0.4) is 0 Å². The van der Waals surface area contributed by atoms with Crippen LogP contribution in [-0.4, -0.2) is 30.7 Å². The second-order valence-electron chi connectivity index (χ2n) is 3.91. The van der Waals surface area contributed by atoms with Gasteiger partial charge in [-0.1, -0.05) is 19.3 Å². The molecular formula is C11H20O3. The van der Waals surface area contributed by atoms with E-state index >= 15 is 0 Å². The smallest absolute Gasteiger partial charge is 0.140 e. The summed E-state index contributed by atoms with van der Waals surface area (Å²) in [6.45, 7) is 1.52. The second-order valence-corrected chi connectivity index (χ2v) is 3.91. The molecule has 14 heavy (non-hydrogen) atoms. The molecule has 1 saturated heterocycles. The summed E-state index contributed by atoms with van der Waals surface area (Å²) in [6.07, 6.45) is 5.71. The van der Waals surface area contributed by atoms with Crippen molar-refractivity contribution in [1.29, 1.82) is 0 Å². The number of ether oxygens (including phenoxy) is 1. The van der Waals surface area contributed by atoms with Gasteiger partial charge < -0.3 is 9.84 Å². The normalized spacial score (nSPS) is 22.6. The molecule has 82 valence electrons. The highest BCUT2D eigenvalue weighted by atomic mass is 16.5. The fourth-order valence-corrected chi connectivity index (χ4v) is 1.80. The van der Waals surface area contributed by atoms with E-state index in [4.69, 9.17) is 9.84 Å². The van der Waals surface area contributed by atoms with E-state index < -0.39 is 0 Å². The Labute approximate surface area is 85.5 Å². The molecule has 3 heteroatoms. The molecule has 0 aromatic rings. The Kier molecular flexibility index (Phi) is 5.80. The third-order valence-electron chi connectivity index (χ3n) is 2.73. The molecule has 1 fully saturated rings. The SMILES string of the molecule is O=C1CCOCC1CCCCCCO. The van der Waals surface area contributed by atoms with Crippen molar-refractivity contribution in [2.45, 2.75) is 38.5 Å². The zero-order valence-corrected chi connectivity index (χ0v) is 8.71. The summed E-state index contributed by atoms with van der Waals surface area (Å²) in [6, 6.07) is 0. The topological polar surface area (TPSA) is 46.5 Å². The van der Waals surface area contributed by atoms with Gasteiger partial charge in [0.1, 0.15) is 5.78 Å². The molecule has 0 aromatic carbocycles. The van der Waals surface area contributed by atoms with Gasteiger partial charge in [0.05, 0.1) is 13.2 Å². The predicted molar refractivity (Wildman–Crippen MR) is 54.1 cm³/mol. The van der Waals surface area contributed by atoms with Gasteiger partial charge in [-0.3, -0.25) is 4.79 Å². The Morgan fingerprint density at radius 3 is 2.79 bits per heavy atom. The maximum absolute atomic E-state index is 11.4. The number of aliphatic hydroxyl groups is 1. The summed E-state index contributed by atoms with van der Waals surface area (Å²) in [7, 11) is 0. The first-order valence-electron chi connectivity index (χ1n) is 5.56. The molecule has 0 radical (unpaired) electrons. The molecule has 0 amide bonds. The molecule has 1 aliphatic heterocycles. The van der Waals surface area contributed by atoms with Crippen molar-refractivity contribution in [1.82, 2.24) is 0 Å². The molecule has 1 heterocycles. The molecule has 3 nitrogen and oxygen atoms in total. The van der Waals surface area contributed by atoms with Gasteiger partial charge in [-0.05, 0) is 12.8 Å². The summed E-state index contributed by atoms with van der Waals surface area (Å²) < 4.78 is 5.27. The zero-order valence-electron chi connectivity index (χ0n) is 8.71. The number of aliphatic hydroxyl groups excluding tert-OH is 1. The summed E-state index contributed by atoms with van der Waals surface area (Å²) in [5, 5.41) is 8.58. The Hall–Kier alpha value is -0.410. The van der Waals surface area contributed by atoms with Crippen LogP contribution in [0, 0.1) is 5.92 Å². The van der Waals surface area contributed by atoms with E-state index in [1.54, 1.807) is 0 Å². The minimum atomic E-state index is 0.151. The maximum Gasteiger partial charge on any atom is 0.140 e. The molecule has 0 aromatic heterocycles. The van der Waals surface area contributed by atoms with E-state index in [0.29, 0.717) is 25.4 Å². The first-order valence-corrected chi connectivity index (χ1v) is 5.56. The first-order chi connectivity index (χ1) is 6.84. The lowest BCUT2D eigenvalue weighted by molar-refractivity contribution is -0.130. The Morgan fingerprint density at radius 2 is 2.07 bits per heavy atom. The van der Waals surface area contributed by atoms with Crippen molar-refractivity contribution in [3.8, 4) is 0 Å². The van der Waals surface area contributed by atoms with Crippen molar-refractivity contribution < 1.29 is 14.6 Å². The predicted octanol–water partition coefficient (Wildman–Crippen LogP) is 1.53. The molecule has 0 aliphatic carbocycles. The highest BCUT2D eigenvalue weighted by Gasteiger charge is 2.21. The van der Waals surface area contributed by atoms with Crippen LogP contribution in [0.4, 0.5) is 0 Å². The molecule has 0 saturated carbocycles. The van der Waals surface area contributed by atoms with Crippen molar-refractivity contribution in [2.24, 2.45) is 5.92 Å². The number of Topliss-reactive ketones (excluding diaryl/α,β-unsaturated/α-hetero) is 1. The summed E-state index contributed by atoms with van der Waals surface area (Å²) in [5.74, 6) is 0.524. The van der Waals surface area contributed by atoms with Gasteiger partial charge in [0.15, 0.2) is 0 Å². The molecule has 1 N–H and O–H groups in total. The van der Waals surface area contributed by atoms with Gasteiger partial charge in [0, 0.05) is 18.9 Å². The van der Waals surface area contributed by atoms with Crippen LogP contribution >= 0.6 is 0 Å². The van der Waals surface area contributed by atoms with Crippen molar-refractivity contribution in [2.75, 3.05) is 19.8 Å². The molecule has 1 aliphatic rings. The van der Waals surface area contributed by atoms with Gasteiger partial charge in [0.25, 0.3) is 0 Å². The number of unbranched alkanes of at least 4 members (excludes halogenated alkanes) is 3. The Bertz CT molecular complexity index is 168. The van der Waals surface area contributed by atoms with E-state index in [0.717, 1.165) is 32.1 Å². The van der Waals surface area contributed by atoms with Gasteiger partial charge in [0.2, 0.25) is 0 Å². The molecule has 0 bridgehead atoms. The molecule has 1 rings (SSSR count). The Morgan fingerprint density at radius 1 is 1.29 bits per heavy atom. The minimum absolute atomic E-state index is 0.151. The monoisotopic (exact) mass is 200 g/mol.